The van der Waals surface area contributed by atoms with Crippen LogP contribution in [-0.2, 0) is 0 Å². The highest BCUT2D eigenvalue weighted by atomic mass is 19.1. The normalized spacial score (nSPS) is 11.0. The molecule has 1 amide bonds. The van der Waals surface area contributed by atoms with E-state index in [1.165, 1.54) is 47.4 Å². The molecule has 5 rings (SSSR count). The van der Waals surface area contributed by atoms with Gasteiger partial charge in [0.05, 0.1) is 16.8 Å². The van der Waals surface area contributed by atoms with Gasteiger partial charge >= 0.3 is 0 Å². The number of fused-ring (bicyclic) bond motifs is 1. The van der Waals surface area contributed by atoms with Gasteiger partial charge in [0.2, 0.25) is 5.88 Å². The smallest absolute Gasteiger partial charge is 0.278 e. The summed E-state index contributed by atoms with van der Waals surface area (Å²) in [6.45, 7) is 1.65. The van der Waals surface area contributed by atoms with Gasteiger partial charge in [0, 0.05) is 18.0 Å². The Balaban J connectivity index is 1.34. The molecule has 0 atom stereocenters. The van der Waals surface area contributed by atoms with Crippen LogP contribution in [0.2, 0.25) is 0 Å². The van der Waals surface area contributed by atoms with E-state index in [-0.39, 0.29) is 28.8 Å². The lowest BCUT2D eigenvalue weighted by atomic mass is 10.2. The molecule has 3 aromatic heterocycles. The fraction of sp³-hybridized carbons (Fsp3) is 0.0455. The van der Waals surface area contributed by atoms with Gasteiger partial charge in [-0.3, -0.25) is 4.79 Å². The Labute approximate surface area is 185 Å². The van der Waals surface area contributed by atoms with Gasteiger partial charge in [-0.15, -0.1) is 5.10 Å². The second-order valence-corrected chi connectivity index (χ2v) is 7.03. The van der Waals surface area contributed by atoms with Gasteiger partial charge in [0.15, 0.2) is 17.3 Å². The summed E-state index contributed by atoms with van der Waals surface area (Å²) < 4.78 is 34.8. The average Bonchev–Trinajstić information content (AvgIpc) is 3.43. The minimum atomic E-state index is -0.693. The van der Waals surface area contributed by atoms with Crippen molar-refractivity contribution in [2.45, 2.75) is 6.92 Å². The van der Waals surface area contributed by atoms with Gasteiger partial charge < -0.3 is 15.0 Å². The monoisotopic (exact) mass is 447 g/mol. The van der Waals surface area contributed by atoms with Crippen molar-refractivity contribution < 1.29 is 18.3 Å². The quantitative estimate of drug-likeness (QED) is 0.418. The van der Waals surface area contributed by atoms with Gasteiger partial charge in [0.1, 0.15) is 17.8 Å². The number of hydrogen-bond donors (Lipinski definition) is 2. The van der Waals surface area contributed by atoms with E-state index in [2.05, 4.69) is 30.6 Å². The SMILES string of the molecule is Cc1c(C(=O)Nc2ccc(Oc3ncnc4[nH]ccc34)c(F)c2)nnn1-c1ccc(F)cc1. The molecular weight excluding hydrogens is 432 g/mol. The van der Waals surface area contributed by atoms with Crippen LogP contribution in [0.5, 0.6) is 11.6 Å². The first kappa shape index (κ1) is 20.2. The van der Waals surface area contributed by atoms with Gasteiger partial charge in [-0.25, -0.2) is 23.4 Å². The van der Waals surface area contributed by atoms with Crippen LogP contribution in [0.3, 0.4) is 0 Å². The number of benzene rings is 2. The van der Waals surface area contributed by atoms with E-state index < -0.39 is 11.7 Å². The number of carbonyl (C=O) groups is 1. The average molecular weight is 447 g/mol. The molecule has 0 aliphatic rings. The number of hydrogen-bond acceptors (Lipinski definition) is 6. The standard InChI is InChI=1S/C22H15F2N7O2/c1-12-19(29-30-31(12)15-5-2-13(23)3-6-15)21(32)28-14-4-7-18(17(24)10-14)33-22-16-8-9-25-20(16)26-11-27-22/h2-11H,1H3,(H,28,32)(H,25,26,27). The largest absolute Gasteiger partial charge is 0.435 e. The summed E-state index contributed by atoms with van der Waals surface area (Å²) in [5.74, 6) is -1.51. The number of ether oxygens (including phenoxy) is 1. The van der Waals surface area contributed by atoms with E-state index in [4.69, 9.17) is 4.74 Å². The molecule has 2 N–H and O–H groups in total. The number of nitrogens with one attached hydrogen (secondary N) is 2. The number of aromatic amines is 1. The predicted molar refractivity (Wildman–Crippen MR) is 114 cm³/mol. The summed E-state index contributed by atoms with van der Waals surface area (Å²) in [7, 11) is 0. The molecule has 0 aliphatic heterocycles. The first-order valence-electron chi connectivity index (χ1n) is 9.74. The van der Waals surface area contributed by atoms with Crippen LogP contribution in [0.4, 0.5) is 14.5 Å². The van der Waals surface area contributed by atoms with Gasteiger partial charge in [-0.05, 0) is 49.4 Å². The summed E-state index contributed by atoms with van der Waals surface area (Å²) in [6.07, 6.45) is 2.98. The molecule has 9 nitrogen and oxygen atoms in total. The zero-order valence-corrected chi connectivity index (χ0v) is 17.1. The zero-order valence-electron chi connectivity index (χ0n) is 17.1. The fourth-order valence-corrected chi connectivity index (χ4v) is 3.25. The van der Waals surface area contributed by atoms with Crippen molar-refractivity contribution in [3.63, 3.8) is 0 Å². The van der Waals surface area contributed by atoms with Crippen molar-refractivity contribution in [1.82, 2.24) is 29.9 Å². The number of H-pyrrole nitrogens is 1. The number of rotatable bonds is 5. The minimum Gasteiger partial charge on any atom is -0.435 e. The zero-order chi connectivity index (χ0) is 22.9. The number of carbonyl (C=O) groups excluding carboxylic acids is 1. The highest BCUT2D eigenvalue weighted by Crippen LogP contribution is 2.29. The van der Waals surface area contributed by atoms with Gasteiger partial charge in [-0.2, -0.15) is 0 Å². The van der Waals surface area contributed by atoms with Crippen LogP contribution in [0, 0.1) is 18.6 Å². The van der Waals surface area contributed by atoms with Crippen molar-refractivity contribution in [2.24, 2.45) is 0 Å². The van der Waals surface area contributed by atoms with Crippen LogP contribution >= 0.6 is 0 Å². The molecule has 0 saturated carbocycles. The molecule has 164 valence electrons. The second kappa shape index (κ2) is 8.11. The number of halogens is 2. The van der Waals surface area contributed by atoms with Gasteiger partial charge in [-0.1, -0.05) is 5.21 Å². The van der Waals surface area contributed by atoms with Crippen LogP contribution in [-0.4, -0.2) is 35.9 Å². The predicted octanol–water partition coefficient (Wildman–Crippen LogP) is 4.17. The first-order chi connectivity index (χ1) is 16.0. The first-order valence-corrected chi connectivity index (χ1v) is 9.74. The Morgan fingerprint density at radius 3 is 2.70 bits per heavy atom. The molecule has 0 spiro atoms. The van der Waals surface area contributed by atoms with Crippen molar-refractivity contribution in [2.75, 3.05) is 5.32 Å². The summed E-state index contributed by atoms with van der Waals surface area (Å²) >= 11 is 0. The van der Waals surface area contributed by atoms with E-state index in [0.29, 0.717) is 22.4 Å². The number of aromatic nitrogens is 6. The lowest BCUT2D eigenvalue weighted by Crippen LogP contribution is -2.14. The summed E-state index contributed by atoms with van der Waals surface area (Å²) in [5.41, 5.74) is 1.81. The molecule has 11 heteroatoms. The maximum Gasteiger partial charge on any atom is 0.278 e. The van der Waals surface area contributed by atoms with Crippen LogP contribution in [0.15, 0.2) is 61.1 Å². The van der Waals surface area contributed by atoms with Crippen LogP contribution < -0.4 is 10.1 Å². The van der Waals surface area contributed by atoms with E-state index >= 15 is 0 Å². The Morgan fingerprint density at radius 1 is 1.09 bits per heavy atom. The molecule has 2 aromatic carbocycles. The topological polar surface area (TPSA) is 111 Å². The van der Waals surface area contributed by atoms with E-state index in [9.17, 15) is 13.6 Å². The molecule has 0 unspecified atom stereocenters. The molecule has 33 heavy (non-hydrogen) atoms. The highest BCUT2D eigenvalue weighted by Gasteiger charge is 2.19. The Hall–Kier alpha value is -4.67. The Morgan fingerprint density at radius 2 is 1.91 bits per heavy atom. The maximum absolute atomic E-state index is 14.7. The van der Waals surface area contributed by atoms with E-state index in [1.807, 2.05) is 0 Å². The van der Waals surface area contributed by atoms with Crippen LogP contribution in [0.25, 0.3) is 16.7 Å². The Bertz CT molecular complexity index is 1480. The van der Waals surface area contributed by atoms with Crippen molar-refractivity contribution in [3.8, 4) is 17.3 Å². The van der Waals surface area contributed by atoms with Crippen molar-refractivity contribution >= 4 is 22.6 Å². The van der Waals surface area contributed by atoms with E-state index in [1.54, 1.807) is 19.2 Å². The number of nitrogens with zero attached hydrogens (tertiary/aromatic N) is 5. The third-order valence-corrected chi connectivity index (χ3v) is 4.89. The lowest BCUT2D eigenvalue weighted by molar-refractivity contribution is 0.102. The summed E-state index contributed by atoms with van der Waals surface area (Å²) in [5, 5.41) is 11.0. The van der Waals surface area contributed by atoms with Gasteiger partial charge in [0.25, 0.3) is 5.91 Å². The fourth-order valence-electron chi connectivity index (χ4n) is 3.25. The minimum absolute atomic E-state index is 0.0518. The third-order valence-electron chi connectivity index (χ3n) is 4.89. The third kappa shape index (κ3) is 3.87. The summed E-state index contributed by atoms with van der Waals surface area (Å²) in [6, 6.07) is 11.3. The number of amides is 1. The summed E-state index contributed by atoms with van der Waals surface area (Å²) in [4.78, 5) is 23.7. The lowest BCUT2D eigenvalue weighted by Gasteiger charge is -2.09. The molecule has 0 fully saturated rings. The van der Waals surface area contributed by atoms with Crippen LogP contribution in [0.1, 0.15) is 16.2 Å². The highest BCUT2D eigenvalue weighted by molar-refractivity contribution is 6.03. The maximum atomic E-state index is 14.7. The van der Waals surface area contributed by atoms with Crippen molar-refractivity contribution in [1.29, 1.82) is 0 Å². The molecule has 0 bridgehead atoms. The molecule has 0 saturated heterocycles. The van der Waals surface area contributed by atoms with E-state index in [0.717, 1.165) is 6.07 Å². The number of anilines is 1. The molecular formula is C22H15F2N7O2. The van der Waals surface area contributed by atoms with Crippen molar-refractivity contribution in [3.05, 3.63) is 84.1 Å². The molecule has 5 aromatic rings. The molecule has 0 aliphatic carbocycles. The molecule has 3 heterocycles. The molecule has 0 radical (unpaired) electrons. The Kier molecular flexibility index (Phi) is 4.98. The second-order valence-electron chi connectivity index (χ2n) is 7.03.